The van der Waals surface area contributed by atoms with Crippen molar-refractivity contribution in [3.63, 3.8) is 0 Å². The molecule has 82 valence electrons. The van der Waals surface area contributed by atoms with E-state index in [0.717, 1.165) is 28.5 Å². The summed E-state index contributed by atoms with van der Waals surface area (Å²) in [6.45, 7) is 4.21. The van der Waals surface area contributed by atoms with Gasteiger partial charge in [-0.1, -0.05) is 42.3 Å². The molecule has 0 bridgehead atoms. The van der Waals surface area contributed by atoms with Crippen molar-refractivity contribution >= 4 is 23.2 Å². The predicted molar refractivity (Wildman–Crippen MR) is 68.9 cm³/mol. The maximum absolute atomic E-state index is 6.17. The molecule has 1 aromatic carbocycles. The summed E-state index contributed by atoms with van der Waals surface area (Å²) in [6, 6.07) is 5.68. The number of benzene rings is 1. The lowest BCUT2D eigenvalue weighted by molar-refractivity contribution is 0.674. The molecule has 0 radical (unpaired) electrons. The van der Waals surface area contributed by atoms with E-state index in [2.05, 4.69) is 19.1 Å². The minimum Gasteiger partial charge on any atom is -0.0916 e. The fourth-order valence-electron chi connectivity index (χ4n) is 1.64. The van der Waals surface area contributed by atoms with Gasteiger partial charge in [0.1, 0.15) is 0 Å². The summed E-state index contributed by atoms with van der Waals surface area (Å²) in [7, 11) is 0. The summed E-state index contributed by atoms with van der Waals surface area (Å²) < 4.78 is 0. The van der Waals surface area contributed by atoms with Crippen molar-refractivity contribution in [1.82, 2.24) is 0 Å². The highest BCUT2D eigenvalue weighted by molar-refractivity contribution is 6.33. The van der Waals surface area contributed by atoms with Crippen LogP contribution in [0.3, 0.4) is 0 Å². The van der Waals surface area contributed by atoms with E-state index in [1.165, 1.54) is 0 Å². The summed E-state index contributed by atoms with van der Waals surface area (Å²) in [6.07, 6.45) is 6.34. The second kappa shape index (κ2) is 6.19. The Kier molecular flexibility index (Phi) is 5.21. The molecule has 0 heterocycles. The maximum atomic E-state index is 6.17. The van der Waals surface area contributed by atoms with Crippen molar-refractivity contribution < 1.29 is 0 Å². The minimum atomic E-state index is 0.465. The lowest BCUT2D eigenvalue weighted by atomic mass is 9.93. The summed E-state index contributed by atoms with van der Waals surface area (Å²) in [5.41, 5.74) is 1.16. The summed E-state index contributed by atoms with van der Waals surface area (Å²) in [5, 5.41) is 1.57. The Morgan fingerprint density at radius 3 is 2.67 bits per heavy atom. The van der Waals surface area contributed by atoms with E-state index < -0.39 is 0 Å². The molecule has 0 nitrogen and oxygen atoms in total. The Labute approximate surface area is 102 Å². The first-order chi connectivity index (χ1) is 7.19. The number of halogens is 2. The number of hydrogen-bond acceptors (Lipinski definition) is 0. The van der Waals surface area contributed by atoms with Gasteiger partial charge in [0.15, 0.2) is 0 Å². The molecule has 0 aliphatic rings. The molecule has 0 N–H and O–H groups in total. The van der Waals surface area contributed by atoms with Crippen molar-refractivity contribution in [2.45, 2.75) is 32.6 Å². The molecule has 0 aliphatic carbocycles. The van der Waals surface area contributed by atoms with Crippen LogP contribution in [0, 0.1) is 0 Å². The molecule has 0 amide bonds. The lowest BCUT2D eigenvalue weighted by Gasteiger charge is -2.15. The van der Waals surface area contributed by atoms with E-state index >= 15 is 0 Å². The van der Waals surface area contributed by atoms with Gasteiger partial charge in [-0.15, -0.1) is 0 Å². The number of hydrogen-bond donors (Lipinski definition) is 0. The highest BCUT2D eigenvalue weighted by Crippen LogP contribution is 2.32. The first-order valence-corrected chi connectivity index (χ1v) is 6.00. The highest BCUT2D eigenvalue weighted by atomic mass is 35.5. The molecule has 0 aromatic heterocycles. The van der Waals surface area contributed by atoms with Crippen LogP contribution in [0.5, 0.6) is 0 Å². The number of rotatable bonds is 4. The van der Waals surface area contributed by atoms with E-state index in [9.17, 15) is 0 Å². The molecular weight excluding hydrogens is 227 g/mol. The largest absolute Gasteiger partial charge is 0.0916 e. The smallest absolute Gasteiger partial charge is 0.0441 e. The van der Waals surface area contributed by atoms with Gasteiger partial charge in [0.25, 0.3) is 0 Å². The zero-order chi connectivity index (χ0) is 11.3. The van der Waals surface area contributed by atoms with E-state index in [1.54, 1.807) is 0 Å². The topological polar surface area (TPSA) is 0 Å². The molecule has 0 saturated carbocycles. The van der Waals surface area contributed by atoms with Crippen LogP contribution in [0.15, 0.2) is 30.4 Å². The quantitative estimate of drug-likeness (QED) is 0.616. The van der Waals surface area contributed by atoms with Gasteiger partial charge in [0, 0.05) is 10.0 Å². The molecule has 2 heteroatoms. The third-order valence-corrected chi connectivity index (χ3v) is 3.13. The standard InChI is InChI=1S/C13H16Cl2/c1-3-5-6-10(4-2)12-9-11(14)7-8-13(12)15/h3,5,7-10H,4,6H2,1-2H3/b5-3-. The first-order valence-electron chi connectivity index (χ1n) is 5.25. The molecule has 15 heavy (non-hydrogen) atoms. The fraction of sp³-hybridized carbons (Fsp3) is 0.385. The Morgan fingerprint density at radius 2 is 2.07 bits per heavy atom. The van der Waals surface area contributed by atoms with Gasteiger partial charge >= 0.3 is 0 Å². The fourth-order valence-corrected chi connectivity index (χ4v) is 2.09. The van der Waals surface area contributed by atoms with Crippen molar-refractivity contribution in [1.29, 1.82) is 0 Å². The van der Waals surface area contributed by atoms with Crippen LogP contribution in [-0.2, 0) is 0 Å². The third kappa shape index (κ3) is 3.55. The van der Waals surface area contributed by atoms with Gasteiger partial charge in [0.05, 0.1) is 0 Å². The van der Waals surface area contributed by atoms with E-state index in [4.69, 9.17) is 23.2 Å². The third-order valence-electron chi connectivity index (χ3n) is 2.55. The molecule has 1 unspecified atom stereocenters. The molecule has 1 rings (SSSR count). The van der Waals surface area contributed by atoms with Gasteiger partial charge in [-0.05, 0) is 49.4 Å². The van der Waals surface area contributed by atoms with Gasteiger partial charge in [-0.2, -0.15) is 0 Å². The van der Waals surface area contributed by atoms with Gasteiger partial charge in [-0.25, -0.2) is 0 Å². The van der Waals surface area contributed by atoms with Crippen LogP contribution in [-0.4, -0.2) is 0 Å². The van der Waals surface area contributed by atoms with Crippen LogP contribution in [0.4, 0.5) is 0 Å². The average Bonchev–Trinajstić information content (AvgIpc) is 2.24. The Balaban J connectivity index is 2.94. The summed E-state index contributed by atoms with van der Waals surface area (Å²) >= 11 is 12.1. The van der Waals surface area contributed by atoms with Gasteiger partial charge in [0.2, 0.25) is 0 Å². The second-order valence-corrected chi connectivity index (χ2v) is 4.42. The van der Waals surface area contributed by atoms with Crippen LogP contribution < -0.4 is 0 Å². The van der Waals surface area contributed by atoms with E-state index in [0.29, 0.717) is 5.92 Å². The van der Waals surface area contributed by atoms with Crippen LogP contribution in [0.1, 0.15) is 38.2 Å². The van der Waals surface area contributed by atoms with Gasteiger partial charge < -0.3 is 0 Å². The van der Waals surface area contributed by atoms with Crippen molar-refractivity contribution in [3.05, 3.63) is 46.0 Å². The Morgan fingerprint density at radius 1 is 1.33 bits per heavy atom. The highest BCUT2D eigenvalue weighted by Gasteiger charge is 2.11. The maximum Gasteiger partial charge on any atom is 0.0441 e. The van der Waals surface area contributed by atoms with E-state index in [-0.39, 0.29) is 0 Å². The summed E-state index contributed by atoms with van der Waals surface area (Å²) in [4.78, 5) is 0. The van der Waals surface area contributed by atoms with Crippen LogP contribution >= 0.6 is 23.2 Å². The first kappa shape index (κ1) is 12.6. The summed E-state index contributed by atoms with van der Waals surface area (Å²) in [5.74, 6) is 0.465. The van der Waals surface area contributed by atoms with Crippen molar-refractivity contribution in [2.24, 2.45) is 0 Å². The Hall–Kier alpha value is -0.460. The molecular formula is C13H16Cl2. The molecule has 0 saturated heterocycles. The monoisotopic (exact) mass is 242 g/mol. The molecule has 1 atom stereocenters. The lowest BCUT2D eigenvalue weighted by Crippen LogP contribution is -1.97. The number of allylic oxidation sites excluding steroid dienone is 2. The normalized spacial score (nSPS) is 13.3. The Bertz CT molecular complexity index is 342. The second-order valence-electron chi connectivity index (χ2n) is 3.58. The molecule has 0 fully saturated rings. The molecule has 0 aliphatic heterocycles. The zero-order valence-electron chi connectivity index (χ0n) is 9.13. The SMILES string of the molecule is C/C=C\CC(CC)c1cc(Cl)ccc1Cl. The van der Waals surface area contributed by atoms with Crippen molar-refractivity contribution in [3.8, 4) is 0 Å². The molecule has 0 spiro atoms. The average molecular weight is 243 g/mol. The predicted octanol–water partition coefficient (Wildman–Crippen LogP) is 5.45. The zero-order valence-corrected chi connectivity index (χ0v) is 10.6. The molecule has 1 aromatic rings. The van der Waals surface area contributed by atoms with Crippen LogP contribution in [0.2, 0.25) is 10.0 Å². The minimum absolute atomic E-state index is 0.465. The van der Waals surface area contributed by atoms with E-state index in [1.807, 2.05) is 25.1 Å². The van der Waals surface area contributed by atoms with Crippen molar-refractivity contribution in [2.75, 3.05) is 0 Å². The van der Waals surface area contributed by atoms with Gasteiger partial charge in [-0.3, -0.25) is 0 Å². The van der Waals surface area contributed by atoms with Crippen LogP contribution in [0.25, 0.3) is 0 Å².